The van der Waals surface area contributed by atoms with E-state index in [1.165, 1.54) is 6.08 Å². The van der Waals surface area contributed by atoms with Crippen LogP contribution in [0.3, 0.4) is 0 Å². The van der Waals surface area contributed by atoms with Crippen LogP contribution in [-0.2, 0) is 19.1 Å². The predicted octanol–water partition coefficient (Wildman–Crippen LogP) is 0.510. The summed E-state index contributed by atoms with van der Waals surface area (Å²) in [5, 5.41) is 0. The highest BCUT2D eigenvalue weighted by molar-refractivity contribution is 5.86. The largest absolute Gasteiger partial charge is 0.460 e. The summed E-state index contributed by atoms with van der Waals surface area (Å²) in [4.78, 5) is 20.5. The molecule has 0 saturated heterocycles. The highest BCUT2D eigenvalue weighted by Crippen LogP contribution is 1.91. The molecule has 0 saturated carbocycles. The van der Waals surface area contributed by atoms with Crippen molar-refractivity contribution in [2.24, 2.45) is 0 Å². The molecule has 0 aliphatic rings. The molecule has 4 heteroatoms. The van der Waals surface area contributed by atoms with Crippen LogP contribution in [0.1, 0.15) is 6.92 Å². The van der Waals surface area contributed by atoms with Gasteiger partial charge in [0.15, 0.2) is 0 Å². The molecule has 0 aliphatic carbocycles. The summed E-state index contributed by atoms with van der Waals surface area (Å²) in [5.74, 6) is 1.13. The van der Waals surface area contributed by atoms with Crippen molar-refractivity contribution in [3.8, 4) is 0 Å². The van der Waals surface area contributed by atoms with E-state index in [9.17, 15) is 9.59 Å². The summed E-state index contributed by atoms with van der Waals surface area (Å²) in [7, 11) is 0. The van der Waals surface area contributed by atoms with Gasteiger partial charge in [-0.05, 0) is 6.92 Å². The molecule has 0 aromatic rings. The van der Waals surface area contributed by atoms with Gasteiger partial charge in [0.05, 0.1) is 13.2 Å². The molecular weight excluding hydrogens is 172 g/mol. The molecule has 0 atom stereocenters. The molecule has 0 unspecified atom stereocenters. The maximum atomic E-state index is 10.8. The van der Waals surface area contributed by atoms with E-state index in [0.717, 1.165) is 0 Å². The highest BCUT2D eigenvalue weighted by atomic mass is 16.6. The van der Waals surface area contributed by atoms with Crippen LogP contribution in [0.15, 0.2) is 18.2 Å². The summed E-state index contributed by atoms with van der Waals surface area (Å²) >= 11 is 0. The van der Waals surface area contributed by atoms with Gasteiger partial charge in [-0.2, -0.15) is 0 Å². The molecule has 0 radical (unpaired) electrons. The molecule has 72 valence electrons. The Hall–Kier alpha value is -1.38. The third-order valence-electron chi connectivity index (χ3n) is 1.09. The molecule has 13 heavy (non-hydrogen) atoms. The lowest BCUT2D eigenvalue weighted by molar-refractivity contribution is -0.140. The van der Waals surface area contributed by atoms with Crippen LogP contribution < -0.4 is 0 Å². The van der Waals surface area contributed by atoms with Crippen LogP contribution in [0.5, 0.6) is 0 Å². The van der Waals surface area contributed by atoms with Gasteiger partial charge in [0, 0.05) is 11.6 Å². The molecule has 0 aliphatic heterocycles. The number of ether oxygens (including phenoxy) is 2. The van der Waals surface area contributed by atoms with E-state index < -0.39 is 5.97 Å². The summed E-state index contributed by atoms with van der Waals surface area (Å²) in [6.45, 7) is 5.59. The van der Waals surface area contributed by atoms with Gasteiger partial charge >= 0.3 is 5.97 Å². The quantitative estimate of drug-likeness (QED) is 0.261. The highest BCUT2D eigenvalue weighted by Gasteiger charge is 2.01. The maximum absolute atomic E-state index is 10.8. The third-order valence-corrected chi connectivity index (χ3v) is 1.09. The average molecular weight is 184 g/mol. The van der Waals surface area contributed by atoms with Crippen LogP contribution >= 0.6 is 0 Å². The average Bonchev–Trinajstić information content (AvgIpc) is 2.10. The van der Waals surface area contributed by atoms with Crippen LogP contribution in [0, 0.1) is 0 Å². The minimum Gasteiger partial charge on any atom is -0.460 e. The number of rotatable bonds is 6. The Balaban J connectivity index is 3.30. The van der Waals surface area contributed by atoms with Gasteiger partial charge in [0.1, 0.15) is 12.5 Å². The molecule has 0 rings (SSSR count). The van der Waals surface area contributed by atoms with Crippen molar-refractivity contribution >= 4 is 11.9 Å². The molecule has 0 aromatic heterocycles. The van der Waals surface area contributed by atoms with Gasteiger partial charge in [-0.25, -0.2) is 9.59 Å². The monoisotopic (exact) mass is 184 g/mol. The fourth-order valence-electron chi connectivity index (χ4n) is 0.493. The SMILES string of the molecule is C=C(C)C(=O)OCCOCC=C=O. The van der Waals surface area contributed by atoms with E-state index in [1.807, 2.05) is 0 Å². The predicted molar refractivity (Wildman–Crippen MR) is 46.9 cm³/mol. The second kappa shape index (κ2) is 7.28. The van der Waals surface area contributed by atoms with Crippen LogP contribution in [0.2, 0.25) is 0 Å². The first-order valence-electron chi connectivity index (χ1n) is 3.78. The first-order valence-corrected chi connectivity index (χ1v) is 3.78. The summed E-state index contributed by atoms with van der Waals surface area (Å²) in [5.41, 5.74) is 0.354. The lowest BCUT2D eigenvalue weighted by Crippen LogP contribution is -2.10. The van der Waals surface area contributed by atoms with Crippen LogP contribution in [-0.4, -0.2) is 31.7 Å². The molecule has 0 N–H and O–H groups in total. The molecule has 0 aromatic carbocycles. The number of esters is 1. The zero-order chi connectivity index (χ0) is 10.1. The van der Waals surface area contributed by atoms with Crippen LogP contribution in [0.4, 0.5) is 0 Å². The molecule has 0 spiro atoms. The second-order valence-electron chi connectivity index (χ2n) is 2.31. The lowest BCUT2D eigenvalue weighted by Gasteiger charge is -2.03. The Morgan fingerprint density at radius 3 is 2.77 bits per heavy atom. The summed E-state index contributed by atoms with van der Waals surface area (Å²) < 4.78 is 9.59. The van der Waals surface area contributed by atoms with Crippen molar-refractivity contribution in [2.75, 3.05) is 19.8 Å². The van der Waals surface area contributed by atoms with Crippen molar-refractivity contribution in [2.45, 2.75) is 6.92 Å². The van der Waals surface area contributed by atoms with Crippen molar-refractivity contribution in [3.63, 3.8) is 0 Å². The molecule has 0 bridgehead atoms. The fraction of sp³-hybridized carbons (Fsp3) is 0.444. The fourth-order valence-corrected chi connectivity index (χ4v) is 0.493. The van der Waals surface area contributed by atoms with Gasteiger partial charge in [0.25, 0.3) is 0 Å². The van der Waals surface area contributed by atoms with E-state index in [4.69, 9.17) is 9.47 Å². The molecule has 0 amide bonds. The van der Waals surface area contributed by atoms with E-state index in [0.29, 0.717) is 5.57 Å². The summed E-state index contributed by atoms with van der Waals surface area (Å²) in [6, 6.07) is 0. The van der Waals surface area contributed by atoms with Crippen molar-refractivity contribution in [1.82, 2.24) is 0 Å². The first-order chi connectivity index (χ1) is 6.18. The number of hydrogen-bond acceptors (Lipinski definition) is 4. The van der Waals surface area contributed by atoms with E-state index in [1.54, 1.807) is 12.9 Å². The van der Waals surface area contributed by atoms with Gasteiger partial charge in [-0.3, -0.25) is 0 Å². The Kier molecular flexibility index (Phi) is 6.51. The van der Waals surface area contributed by atoms with Crippen molar-refractivity contribution in [1.29, 1.82) is 0 Å². The van der Waals surface area contributed by atoms with Gasteiger partial charge in [-0.15, -0.1) is 0 Å². The van der Waals surface area contributed by atoms with E-state index in [-0.39, 0.29) is 19.8 Å². The maximum Gasteiger partial charge on any atom is 0.333 e. The third kappa shape index (κ3) is 7.00. The molecule has 4 nitrogen and oxygen atoms in total. The molecule has 0 heterocycles. The standard InChI is InChI=1S/C9H12O4/c1-8(2)9(11)13-7-6-12-5-3-4-10/h3H,1,5-7H2,2H3. The van der Waals surface area contributed by atoms with Crippen molar-refractivity contribution < 1.29 is 19.1 Å². The minimum absolute atomic E-state index is 0.165. The number of carbonyl (C=O) groups excluding carboxylic acids is 2. The number of hydrogen-bond donors (Lipinski definition) is 0. The van der Waals surface area contributed by atoms with E-state index >= 15 is 0 Å². The normalized spacial score (nSPS) is 8.69. The topological polar surface area (TPSA) is 52.6 Å². The Labute approximate surface area is 76.8 Å². The molecular formula is C9H12O4. The van der Waals surface area contributed by atoms with Gasteiger partial charge < -0.3 is 9.47 Å². The Bertz CT molecular complexity index is 226. The minimum atomic E-state index is -0.436. The molecule has 0 fully saturated rings. The van der Waals surface area contributed by atoms with E-state index in [2.05, 4.69) is 6.58 Å². The summed E-state index contributed by atoms with van der Waals surface area (Å²) in [6.07, 6.45) is 1.21. The zero-order valence-corrected chi connectivity index (χ0v) is 7.54. The Morgan fingerprint density at radius 1 is 1.54 bits per heavy atom. The van der Waals surface area contributed by atoms with Crippen molar-refractivity contribution in [3.05, 3.63) is 18.2 Å². The lowest BCUT2D eigenvalue weighted by atomic mass is 10.4. The zero-order valence-electron chi connectivity index (χ0n) is 7.54. The van der Waals surface area contributed by atoms with Crippen LogP contribution in [0.25, 0.3) is 0 Å². The Morgan fingerprint density at radius 2 is 2.23 bits per heavy atom. The smallest absolute Gasteiger partial charge is 0.333 e. The van der Waals surface area contributed by atoms with Gasteiger partial charge in [-0.1, -0.05) is 6.58 Å². The number of carbonyl (C=O) groups is 1. The second-order valence-corrected chi connectivity index (χ2v) is 2.31. The first kappa shape index (κ1) is 11.6. The van der Waals surface area contributed by atoms with Gasteiger partial charge in [0.2, 0.25) is 0 Å².